The summed E-state index contributed by atoms with van der Waals surface area (Å²) in [5.74, 6) is -0.730. The van der Waals surface area contributed by atoms with Crippen molar-refractivity contribution in [2.24, 2.45) is 0 Å². The number of benzene rings is 2. The lowest BCUT2D eigenvalue weighted by molar-refractivity contribution is -0.138. The minimum Gasteiger partial charge on any atom is -0.425 e. The zero-order chi connectivity index (χ0) is 18.7. The fraction of sp³-hybridized carbons (Fsp3) is 0.211. The zero-order valence-corrected chi connectivity index (χ0v) is 15.5. The van der Waals surface area contributed by atoms with Gasteiger partial charge in [-0.1, -0.05) is 29.8 Å². The third kappa shape index (κ3) is 3.61. The van der Waals surface area contributed by atoms with Crippen LogP contribution in [0.15, 0.2) is 48.5 Å². The predicted molar refractivity (Wildman–Crippen MR) is 101 cm³/mol. The van der Waals surface area contributed by atoms with E-state index in [1.165, 1.54) is 17.8 Å². The molecule has 0 N–H and O–H groups in total. The summed E-state index contributed by atoms with van der Waals surface area (Å²) in [6.07, 6.45) is 2.20. The highest BCUT2D eigenvalue weighted by Crippen LogP contribution is 2.27. The molecule has 0 aliphatic carbocycles. The second kappa shape index (κ2) is 7.93. The Hall–Kier alpha value is -2.31. The Kier molecular flexibility index (Phi) is 5.64. The van der Waals surface area contributed by atoms with Crippen molar-refractivity contribution in [1.29, 1.82) is 0 Å². The Labute approximate surface area is 160 Å². The highest BCUT2D eigenvalue weighted by atomic mass is 35.5. The van der Waals surface area contributed by atoms with Crippen LogP contribution < -0.4 is 4.74 Å². The van der Waals surface area contributed by atoms with Gasteiger partial charge in [-0.05, 0) is 48.8 Å². The summed E-state index contributed by atoms with van der Waals surface area (Å²) in [5, 5.41) is 0.427. The molecule has 1 atom stereocenters. The average molecular weight is 390 g/mol. The molecule has 1 unspecified atom stereocenters. The minimum absolute atomic E-state index is 0.272. The molecule has 2 amide bonds. The van der Waals surface area contributed by atoms with Crippen molar-refractivity contribution in [3.05, 3.63) is 64.7 Å². The minimum atomic E-state index is -0.992. The molecule has 0 radical (unpaired) electrons. The molecular formula is C19H16ClNO4S. The highest BCUT2D eigenvalue weighted by Gasteiger charge is 2.43. The zero-order valence-electron chi connectivity index (χ0n) is 14.0. The van der Waals surface area contributed by atoms with E-state index in [1.807, 2.05) is 6.26 Å². The van der Waals surface area contributed by atoms with Gasteiger partial charge in [0.2, 0.25) is 0 Å². The van der Waals surface area contributed by atoms with E-state index in [1.54, 1.807) is 42.5 Å². The fourth-order valence-corrected chi connectivity index (χ4v) is 3.43. The van der Waals surface area contributed by atoms with E-state index in [0.29, 0.717) is 28.3 Å². The summed E-state index contributed by atoms with van der Waals surface area (Å²) < 4.78 is 5.38. The number of ether oxygens (including phenoxy) is 1. The van der Waals surface area contributed by atoms with Crippen LogP contribution in [-0.2, 0) is 4.79 Å². The van der Waals surface area contributed by atoms with Crippen molar-refractivity contribution in [2.45, 2.75) is 12.5 Å². The molecule has 0 saturated carbocycles. The van der Waals surface area contributed by atoms with E-state index in [2.05, 4.69) is 0 Å². The maximum Gasteiger partial charge on any atom is 0.334 e. The lowest BCUT2D eigenvalue weighted by Gasteiger charge is -2.24. The third-order valence-electron chi connectivity index (χ3n) is 4.02. The van der Waals surface area contributed by atoms with Crippen LogP contribution in [0.5, 0.6) is 5.75 Å². The molecule has 2 aromatic carbocycles. The van der Waals surface area contributed by atoms with E-state index in [0.717, 1.165) is 4.90 Å². The van der Waals surface area contributed by atoms with E-state index < -0.39 is 23.8 Å². The van der Waals surface area contributed by atoms with Crippen LogP contribution in [0.3, 0.4) is 0 Å². The number of hydrogen-bond acceptors (Lipinski definition) is 5. The largest absolute Gasteiger partial charge is 0.425 e. The molecule has 134 valence electrons. The summed E-state index contributed by atoms with van der Waals surface area (Å²) >= 11 is 7.44. The van der Waals surface area contributed by atoms with Crippen LogP contribution >= 0.6 is 23.4 Å². The molecule has 1 aliphatic rings. The summed E-state index contributed by atoms with van der Waals surface area (Å²) in [6, 6.07) is 12.0. The van der Waals surface area contributed by atoms with E-state index in [4.69, 9.17) is 16.3 Å². The Balaban J connectivity index is 1.88. The van der Waals surface area contributed by atoms with Crippen LogP contribution in [0.4, 0.5) is 0 Å². The smallest absolute Gasteiger partial charge is 0.334 e. The molecule has 5 nitrogen and oxygen atoms in total. The number of carbonyl (C=O) groups excluding carboxylic acids is 3. The van der Waals surface area contributed by atoms with Crippen molar-refractivity contribution in [3.63, 3.8) is 0 Å². The van der Waals surface area contributed by atoms with Gasteiger partial charge in [-0.15, -0.1) is 0 Å². The maximum atomic E-state index is 12.7. The molecule has 1 aliphatic heterocycles. The van der Waals surface area contributed by atoms with Gasteiger partial charge in [-0.2, -0.15) is 11.8 Å². The van der Waals surface area contributed by atoms with Gasteiger partial charge in [0, 0.05) is 5.02 Å². The van der Waals surface area contributed by atoms with E-state index in [9.17, 15) is 14.4 Å². The van der Waals surface area contributed by atoms with Gasteiger partial charge in [0.05, 0.1) is 11.1 Å². The highest BCUT2D eigenvalue weighted by molar-refractivity contribution is 7.98. The van der Waals surface area contributed by atoms with E-state index >= 15 is 0 Å². The van der Waals surface area contributed by atoms with E-state index in [-0.39, 0.29) is 5.75 Å². The Bertz CT molecular complexity index is 835. The van der Waals surface area contributed by atoms with Gasteiger partial charge >= 0.3 is 5.97 Å². The molecule has 7 heteroatoms. The number of nitrogens with zero attached hydrogens (tertiary/aromatic N) is 1. The second-order valence-corrected chi connectivity index (χ2v) is 7.12. The van der Waals surface area contributed by atoms with Crippen molar-refractivity contribution in [1.82, 2.24) is 4.90 Å². The number of esters is 1. The van der Waals surface area contributed by atoms with Crippen LogP contribution in [0.25, 0.3) is 0 Å². The van der Waals surface area contributed by atoms with Gasteiger partial charge < -0.3 is 4.74 Å². The first-order valence-corrected chi connectivity index (χ1v) is 9.73. The second-order valence-electron chi connectivity index (χ2n) is 5.70. The number of fused-ring (bicyclic) bond motifs is 1. The molecule has 0 aromatic heterocycles. The molecule has 26 heavy (non-hydrogen) atoms. The van der Waals surface area contributed by atoms with Crippen LogP contribution in [0.2, 0.25) is 5.02 Å². The van der Waals surface area contributed by atoms with Crippen molar-refractivity contribution in [3.8, 4) is 5.75 Å². The quantitative estimate of drug-likeness (QED) is 0.428. The van der Waals surface area contributed by atoms with Gasteiger partial charge in [0.25, 0.3) is 11.8 Å². The number of carbonyl (C=O) groups is 3. The molecule has 0 spiro atoms. The number of thioether (sulfide) groups is 1. The molecule has 0 saturated heterocycles. The average Bonchev–Trinajstić information content (AvgIpc) is 2.87. The van der Waals surface area contributed by atoms with Gasteiger partial charge in [-0.25, -0.2) is 4.79 Å². The normalized spacial score (nSPS) is 14.3. The van der Waals surface area contributed by atoms with Crippen LogP contribution in [0, 0.1) is 0 Å². The molecule has 3 rings (SSSR count). The van der Waals surface area contributed by atoms with Crippen LogP contribution in [0.1, 0.15) is 27.1 Å². The van der Waals surface area contributed by atoms with Crippen LogP contribution in [-0.4, -0.2) is 40.7 Å². The van der Waals surface area contributed by atoms with Crippen molar-refractivity contribution < 1.29 is 19.1 Å². The number of rotatable bonds is 6. The molecule has 1 heterocycles. The summed E-state index contributed by atoms with van der Waals surface area (Å²) in [7, 11) is 0. The molecule has 2 aromatic rings. The molecular weight excluding hydrogens is 374 g/mol. The standard InChI is InChI=1S/C19H16ClNO4S/c1-26-10-9-16(19(24)25-13-6-4-5-12(20)11-13)21-17(22)14-7-2-3-8-15(14)18(21)23/h2-8,11,16H,9-10H2,1H3. The lowest BCUT2D eigenvalue weighted by atomic mass is 10.1. The van der Waals surface area contributed by atoms with Gasteiger partial charge in [-0.3, -0.25) is 14.5 Å². The van der Waals surface area contributed by atoms with Crippen molar-refractivity contribution in [2.75, 3.05) is 12.0 Å². The summed E-state index contributed by atoms with van der Waals surface area (Å²) in [5.41, 5.74) is 0.615. The SMILES string of the molecule is CSCCC(C(=O)Oc1cccc(Cl)c1)N1C(=O)c2ccccc2C1=O. The monoisotopic (exact) mass is 389 g/mol. The summed E-state index contributed by atoms with van der Waals surface area (Å²) in [6.45, 7) is 0. The van der Waals surface area contributed by atoms with Gasteiger partial charge in [0.1, 0.15) is 11.8 Å². The fourth-order valence-electron chi connectivity index (χ4n) is 2.79. The number of amides is 2. The number of hydrogen-bond donors (Lipinski definition) is 0. The first-order valence-electron chi connectivity index (χ1n) is 7.96. The lowest BCUT2D eigenvalue weighted by Crippen LogP contribution is -2.47. The number of halogens is 1. The predicted octanol–water partition coefficient (Wildman–Crippen LogP) is 3.66. The Morgan fingerprint density at radius 1 is 1.12 bits per heavy atom. The number of imide groups is 1. The first kappa shape index (κ1) is 18.5. The molecule has 0 bridgehead atoms. The topological polar surface area (TPSA) is 63.7 Å². The molecule has 0 fully saturated rings. The first-order chi connectivity index (χ1) is 12.5. The maximum absolute atomic E-state index is 12.7. The van der Waals surface area contributed by atoms with Gasteiger partial charge in [0.15, 0.2) is 0 Å². The summed E-state index contributed by atoms with van der Waals surface area (Å²) in [4.78, 5) is 39.1. The third-order valence-corrected chi connectivity index (χ3v) is 4.90. The van der Waals surface area contributed by atoms with Crippen molar-refractivity contribution >= 4 is 41.1 Å². The Morgan fingerprint density at radius 2 is 1.77 bits per heavy atom. The Morgan fingerprint density at radius 3 is 2.35 bits per heavy atom.